The quantitative estimate of drug-likeness (QED) is 0.508. The van der Waals surface area contributed by atoms with Gasteiger partial charge >= 0.3 is 5.97 Å². The number of nitrogens with one attached hydrogen (secondary N) is 1. The highest BCUT2D eigenvalue weighted by Gasteiger charge is 2.75. The van der Waals surface area contributed by atoms with E-state index in [-0.39, 0.29) is 11.9 Å². The minimum atomic E-state index is -1.16. The number of hydrogen-bond acceptors (Lipinski definition) is 6. The Morgan fingerprint density at radius 2 is 1.88 bits per heavy atom. The predicted molar refractivity (Wildman–Crippen MR) is 93.1 cm³/mol. The summed E-state index contributed by atoms with van der Waals surface area (Å²) in [5.74, 6) is 0.661. The molecule has 2 aliphatic heterocycles. The lowest BCUT2D eigenvalue weighted by atomic mass is 9.66. The molecule has 1 N–H and O–H groups in total. The van der Waals surface area contributed by atoms with E-state index in [1.807, 2.05) is 26.8 Å². The maximum atomic E-state index is 12.8. The first-order valence-electron chi connectivity index (χ1n) is 8.77. The third kappa shape index (κ3) is 2.09. The van der Waals surface area contributed by atoms with Gasteiger partial charge < -0.3 is 14.2 Å². The third-order valence-corrected chi connectivity index (χ3v) is 6.40. The summed E-state index contributed by atoms with van der Waals surface area (Å²) < 4.78 is 16.5. The van der Waals surface area contributed by atoms with Crippen molar-refractivity contribution in [2.45, 2.75) is 39.2 Å². The maximum absolute atomic E-state index is 12.8. The molecule has 3 aliphatic rings. The zero-order valence-electron chi connectivity index (χ0n) is 15.1. The van der Waals surface area contributed by atoms with Crippen LogP contribution in [0.2, 0.25) is 0 Å². The van der Waals surface area contributed by atoms with Crippen molar-refractivity contribution in [3.63, 3.8) is 0 Å². The largest absolute Gasteiger partial charge is 0.486 e. The number of rotatable bonds is 3. The Balaban J connectivity index is 1.49. The van der Waals surface area contributed by atoms with Crippen LogP contribution >= 0.6 is 0 Å². The van der Waals surface area contributed by atoms with Gasteiger partial charge in [0.1, 0.15) is 13.2 Å². The highest BCUT2D eigenvalue weighted by molar-refractivity contribution is 5.96. The van der Waals surface area contributed by atoms with Crippen molar-refractivity contribution in [3.05, 3.63) is 23.8 Å². The summed E-state index contributed by atoms with van der Waals surface area (Å²) in [6.07, 6.45) is 2.68. The molecule has 1 aromatic carbocycles. The number of carbonyl (C=O) groups excluding carboxylic acids is 2. The summed E-state index contributed by atoms with van der Waals surface area (Å²) in [6, 6.07) is 5.43. The van der Waals surface area contributed by atoms with Gasteiger partial charge in [-0.1, -0.05) is 13.8 Å². The molecule has 26 heavy (non-hydrogen) atoms. The molecule has 1 aliphatic carbocycles. The first-order valence-corrected chi connectivity index (χ1v) is 8.77. The maximum Gasteiger partial charge on any atom is 0.313 e. The van der Waals surface area contributed by atoms with Crippen LogP contribution in [0.4, 0.5) is 0 Å². The summed E-state index contributed by atoms with van der Waals surface area (Å²) >= 11 is 0. The number of hydrazone groups is 1. The Hall–Kier alpha value is -2.57. The van der Waals surface area contributed by atoms with Gasteiger partial charge in [-0.3, -0.25) is 9.59 Å². The van der Waals surface area contributed by atoms with E-state index in [0.29, 0.717) is 37.6 Å². The van der Waals surface area contributed by atoms with E-state index in [2.05, 4.69) is 10.5 Å². The second kappa shape index (κ2) is 5.46. The fraction of sp³-hybridized carbons (Fsp3) is 0.526. The first kappa shape index (κ1) is 16.9. The van der Waals surface area contributed by atoms with E-state index < -0.39 is 16.4 Å². The van der Waals surface area contributed by atoms with Gasteiger partial charge in [-0.2, -0.15) is 5.10 Å². The molecule has 2 atom stereocenters. The molecule has 0 aromatic heterocycles. The fourth-order valence-corrected chi connectivity index (χ4v) is 4.14. The average Bonchev–Trinajstić information content (AvgIpc) is 2.92. The normalized spacial score (nSPS) is 31.1. The van der Waals surface area contributed by atoms with Gasteiger partial charge in [0.25, 0.3) is 5.91 Å². The van der Waals surface area contributed by atoms with Crippen LogP contribution in [0, 0.1) is 10.8 Å². The number of hydrogen-bond donors (Lipinski definition) is 1. The molecule has 2 heterocycles. The summed E-state index contributed by atoms with van der Waals surface area (Å²) in [6.45, 7) is 6.73. The first-order chi connectivity index (χ1) is 12.3. The van der Waals surface area contributed by atoms with Crippen LogP contribution in [-0.4, -0.2) is 36.9 Å². The van der Waals surface area contributed by atoms with Crippen molar-refractivity contribution in [2.75, 3.05) is 13.2 Å². The summed E-state index contributed by atoms with van der Waals surface area (Å²) in [4.78, 5) is 25.1. The van der Waals surface area contributed by atoms with Crippen LogP contribution in [-0.2, 0) is 14.3 Å². The molecule has 1 amide bonds. The van der Waals surface area contributed by atoms with Crippen LogP contribution in [0.1, 0.15) is 39.2 Å². The lowest BCUT2D eigenvalue weighted by Gasteiger charge is -2.34. The van der Waals surface area contributed by atoms with Gasteiger partial charge in [0.05, 0.1) is 11.6 Å². The van der Waals surface area contributed by atoms with Crippen LogP contribution in [0.3, 0.4) is 0 Å². The molecule has 4 rings (SSSR count). The van der Waals surface area contributed by atoms with Crippen LogP contribution < -0.4 is 14.9 Å². The molecule has 2 unspecified atom stereocenters. The highest BCUT2D eigenvalue weighted by Crippen LogP contribution is 2.65. The lowest BCUT2D eigenvalue weighted by Crippen LogP contribution is -2.52. The van der Waals surface area contributed by atoms with Gasteiger partial charge in [-0.25, -0.2) is 5.43 Å². The Kier molecular flexibility index (Phi) is 3.54. The predicted octanol–water partition coefficient (Wildman–Crippen LogP) is 2.03. The number of nitrogens with zero attached hydrogens (tertiary/aromatic N) is 1. The molecule has 2 bridgehead atoms. The van der Waals surface area contributed by atoms with E-state index in [1.165, 1.54) is 6.21 Å². The van der Waals surface area contributed by atoms with Gasteiger partial charge in [0.15, 0.2) is 17.1 Å². The van der Waals surface area contributed by atoms with Crippen LogP contribution in [0.15, 0.2) is 23.3 Å². The zero-order valence-corrected chi connectivity index (χ0v) is 15.1. The zero-order chi connectivity index (χ0) is 18.6. The minimum Gasteiger partial charge on any atom is -0.486 e. The molecule has 1 aromatic rings. The SMILES string of the molecule is CC12CCC(C(=O)NN=Cc3ccc4c(c3)OCCO4)(OC1=O)C2(C)C. The molecule has 7 heteroatoms. The van der Waals surface area contributed by atoms with Gasteiger partial charge in [0, 0.05) is 5.41 Å². The van der Waals surface area contributed by atoms with Crippen molar-refractivity contribution in [3.8, 4) is 11.5 Å². The standard InChI is InChI=1S/C19H22N2O5/c1-17(2)18(3)6-7-19(17,26-16(18)23)15(22)21-20-11-12-4-5-13-14(10-12)25-9-8-24-13/h4-5,10-11H,6-9H2,1-3H3,(H,21,22). The molecule has 2 fully saturated rings. The van der Waals surface area contributed by atoms with E-state index in [9.17, 15) is 9.59 Å². The Labute approximate surface area is 151 Å². The van der Waals surface area contributed by atoms with E-state index in [0.717, 1.165) is 5.56 Å². The Bertz CT molecular complexity index is 818. The van der Waals surface area contributed by atoms with E-state index >= 15 is 0 Å². The molecule has 138 valence electrons. The van der Waals surface area contributed by atoms with Crippen molar-refractivity contribution in [1.82, 2.24) is 5.43 Å². The van der Waals surface area contributed by atoms with Crippen molar-refractivity contribution < 1.29 is 23.8 Å². The van der Waals surface area contributed by atoms with Gasteiger partial charge in [0.2, 0.25) is 0 Å². The highest BCUT2D eigenvalue weighted by atomic mass is 16.6. The van der Waals surface area contributed by atoms with Crippen molar-refractivity contribution in [1.29, 1.82) is 0 Å². The van der Waals surface area contributed by atoms with Crippen molar-refractivity contribution in [2.24, 2.45) is 15.9 Å². The molecule has 7 nitrogen and oxygen atoms in total. The summed E-state index contributed by atoms with van der Waals surface area (Å²) in [7, 11) is 0. The third-order valence-electron chi connectivity index (χ3n) is 6.40. The molecule has 1 saturated carbocycles. The molecular formula is C19H22N2O5. The summed E-state index contributed by atoms with van der Waals surface area (Å²) in [5.41, 5.74) is 0.927. The minimum absolute atomic E-state index is 0.306. The van der Waals surface area contributed by atoms with Crippen molar-refractivity contribution >= 4 is 18.1 Å². The number of carbonyl (C=O) groups is 2. The smallest absolute Gasteiger partial charge is 0.313 e. The number of ether oxygens (including phenoxy) is 3. The number of amides is 1. The number of esters is 1. The molecular weight excluding hydrogens is 336 g/mol. The van der Waals surface area contributed by atoms with Gasteiger partial charge in [-0.15, -0.1) is 0 Å². The number of benzene rings is 1. The van der Waals surface area contributed by atoms with Crippen LogP contribution in [0.5, 0.6) is 11.5 Å². The van der Waals surface area contributed by atoms with E-state index in [4.69, 9.17) is 14.2 Å². The molecule has 0 radical (unpaired) electrons. The fourth-order valence-electron chi connectivity index (χ4n) is 4.14. The van der Waals surface area contributed by atoms with Gasteiger partial charge in [-0.05, 0) is 43.5 Å². The Morgan fingerprint density at radius 3 is 2.54 bits per heavy atom. The summed E-state index contributed by atoms with van der Waals surface area (Å²) in [5, 5.41) is 4.05. The second-order valence-electron chi connectivity index (χ2n) is 7.78. The molecule has 1 saturated heterocycles. The topological polar surface area (TPSA) is 86.2 Å². The molecule has 0 spiro atoms. The monoisotopic (exact) mass is 358 g/mol. The number of fused-ring (bicyclic) bond motifs is 3. The average molecular weight is 358 g/mol. The lowest BCUT2D eigenvalue weighted by molar-refractivity contribution is -0.168. The Morgan fingerprint density at radius 1 is 1.15 bits per heavy atom. The second-order valence-corrected chi connectivity index (χ2v) is 7.78. The van der Waals surface area contributed by atoms with Crippen LogP contribution in [0.25, 0.3) is 0 Å². The van der Waals surface area contributed by atoms with E-state index in [1.54, 1.807) is 12.1 Å².